The molecule has 21 heavy (non-hydrogen) atoms. The van der Waals surface area contributed by atoms with Gasteiger partial charge in [-0.05, 0) is 43.2 Å². The van der Waals surface area contributed by atoms with Gasteiger partial charge in [0, 0.05) is 28.7 Å². The van der Waals surface area contributed by atoms with Crippen molar-refractivity contribution >= 4 is 38.6 Å². The quantitative estimate of drug-likeness (QED) is 0.637. The number of hydrogen-bond acceptors (Lipinski definition) is 2. The van der Waals surface area contributed by atoms with Gasteiger partial charge in [-0.2, -0.15) is 0 Å². The lowest BCUT2D eigenvalue weighted by Gasteiger charge is -2.12. The Hall–Kier alpha value is -1.39. The van der Waals surface area contributed by atoms with E-state index in [2.05, 4.69) is 56.4 Å². The molecular weight excluding hydrogens is 350 g/mol. The lowest BCUT2D eigenvalue weighted by Crippen LogP contribution is -2.03. The fraction of sp³-hybridized carbons (Fsp3) is 0.250. The van der Waals surface area contributed by atoms with Gasteiger partial charge in [-0.25, -0.2) is 4.98 Å². The molecule has 0 unspecified atom stereocenters. The van der Waals surface area contributed by atoms with Crippen molar-refractivity contribution in [2.45, 2.75) is 20.3 Å². The molecule has 1 aromatic carbocycles. The number of hydrogen-bond donors (Lipinski definition) is 0. The third kappa shape index (κ3) is 2.58. The highest BCUT2D eigenvalue weighted by Crippen LogP contribution is 2.28. The smallest absolute Gasteiger partial charge is 0.115 e. The second-order valence-electron chi connectivity index (χ2n) is 5.06. The molecule has 0 bridgehead atoms. The summed E-state index contributed by atoms with van der Waals surface area (Å²) in [4.78, 5) is 8.82. The van der Waals surface area contributed by atoms with Crippen LogP contribution < -0.4 is 0 Å². The number of nitrogens with zero attached hydrogens (tertiary/aromatic N) is 3. The second kappa shape index (κ2) is 5.78. The largest absolute Gasteiger partial charge is 0.296 e. The summed E-state index contributed by atoms with van der Waals surface area (Å²) in [6.45, 7) is 4.20. The maximum atomic E-state index is 5.93. The van der Waals surface area contributed by atoms with Crippen LogP contribution >= 0.6 is 27.5 Å². The van der Waals surface area contributed by atoms with Crippen LogP contribution in [0.5, 0.6) is 0 Å². The Balaban J connectivity index is 2.30. The number of alkyl halides is 1. The molecular formula is C16H15BrClN3. The fourth-order valence-corrected chi connectivity index (χ4v) is 2.97. The van der Waals surface area contributed by atoms with Gasteiger partial charge in [-0.3, -0.25) is 9.55 Å². The Morgan fingerprint density at radius 3 is 2.62 bits per heavy atom. The number of pyridine rings is 1. The minimum atomic E-state index is 0.547. The van der Waals surface area contributed by atoms with Gasteiger partial charge in [0.1, 0.15) is 11.3 Å². The number of rotatable bonds is 3. The van der Waals surface area contributed by atoms with Crippen LogP contribution in [-0.4, -0.2) is 20.4 Å². The zero-order chi connectivity index (χ0) is 15.0. The predicted octanol–water partition coefficient (Wildman–Crippen LogP) is 4.58. The van der Waals surface area contributed by atoms with Gasteiger partial charge in [0.05, 0.1) is 11.7 Å². The molecule has 3 nitrogen and oxygen atoms in total. The maximum Gasteiger partial charge on any atom is 0.115 e. The Morgan fingerprint density at radius 1 is 1.24 bits per heavy atom. The van der Waals surface area contributed by atoms with Crippen LogP contribution in [0.1, 0.15) is 17.0 Å². The molecule has 0 radical (unpaired) electrons. The van der Waals surface area contributed by atoms with Crippen molar-refractivity contribution in [3.05, 3.63) is 52.0 Å². The number of aromatic nitrogens is 3. The summed E-state index contributed by atoms with van der Waals surface area (Å²) in [5, 5.41) is 0. The van der Waals surface area contributed by atoms with Crippen LogP contribution in [-0.2, 0) is 6.42 Å². The first kappa shape index (κ1) is 14.5. The normalized spacial score (nSPS) is 11.2. The van der Waals surface area contributed by atoms with Crippen molar-refractivity contribution < 1.29 is 0 Å². The number of benzene rings is 1. The first-order valence-corrected chi connectivity index (χ1v) is 8.09. The standard InChI is InChI=1S/C16H15BrClN3/c1-10-7-12(8-11(2)16(10)17)21-14-4-6-19-9-13(14)20-15(21)3-5-18/h4,6-9H,3,5H2,1-2H3. The third-order valence-corrected chi connectivity index (χ3v) is 4.96. The molecule has 2 aromatic heterocycles. The Bertz CT molecular complexity index is 787. The first-order chi connectivity index (χ1) is 10.1. The van der Waals surface area contributed by atoms with Crippen LogP contribution in [0.3, 0.4) is 0 Å². The Kier molecular flexibility index (Phi) is 4.00. The summed E-state index contributed by atoms with van der Waals surface area (Å²) >= 11 is 9.55. The van der Waals surface area contributed by atoms with Gasteiger partial charge in [0.25, 0.3) is 0 Å². The van der Waals surface area contributed by atoms with Crippen LogP contribution in [0.25, 0.3) is 16.7 Å². The van der Waals surface area contributed by atoms with E-state index in [0.717, 1.165) is 33.4 Å². The van der Waals surface area contributed by atoms with Gasteiger partial charge in [-0.1, -0.05) is 15.9 Å². The molecule has 0 spiro atoms. The zero-order valence-electron chi connectivity index (χ0n) is 11.9. The van der Waals surface area contributed by atoms with E-state index in [-0.39, 0.29) is 0 Å². The summed E-state index contributed by atoms with van der Waals surface area (Å²) in [5.41, 5.74) is 5.49. The molecule has 5 heteroatoms. The average molecular weight is 365 g/mol. The minimum absolute atomic E-state index is 0.547. The first-order valence-electron chi connectivity index (χ1n) is 6.76. The second-order valence-corrected chi connectivity index (χ2v) is 6.23. The highest BCUT2D eigenvalue weighted by molar-refractivity contribution is 9.10. The SMILES string of the molecule is Cc1cc(-n2c(CCCl)nc3cnccc32)cc(C)c1Br. The van der Waals surface area contributed by atoms with E-state index in [4.69, 9.17) is 11.6 Å². The van der Waals surface area contributed by atoms with Gasteiger partial charge in [0.15, 0.2) is 0 Å². The van der Waals surface area contributed by atoms with E-state index < -0.39 is 0 Å². The van der Waals surface area contributed by atoms with Crippen molar-refractivity contribution in [1.82, 2.24) is 14.5 Å². The van der Waals surface area contributed by atoms with Crippen LogP contribution in [0.15, 0.2) is 35.1 Å². The zero-order valence-corrected chi connectivity index (χ0v) is 14.2. The minimum Gasteiger partial charge on any atom is -0.296 e. The molecule has 108 valence electrons. The van der Waals surface area contributed by atoms with Gasteiger partial charge < -0.3 is 0 Å². The summed E-state index contributed by atoms with van der Waals surface area (Å²) < 4.78 is 3.32. The number of fused-ring (bicyclic) bond motifs is 1. The van der Waals surface area contributed by atoms with E-state index in [1.807, 2.05) is 6.07 Å². The van der Waals surface area contributed by atoms with Crippen molar-refractivity contribution in [2.24, 2.45) is 0 Å². The van der Waals surface area contributed by atoms with Crippen molar-refractivity contribution in [3.63, 3.8) is 0 Å². The third-order valence-electron chi connectivity index (χ3n) is 3.52. The maximum absolute atomic E-state index is 5.93. The van der Waals surface area contributed by atoms with E-state index in [0.29, 0.717) is 5.88 Å². The molecule has 3 aromatic rings. The van der Waals surface area contributed by atoms with Gasteiger partial charge in [-0.15, -0.1) is 11.6 Å². The summed E-state index contributed by atoms with van der Waals surface area (Å²) in [7, 11) is 0. The predicted molar refractivity (Wildman–Crippen MR) is 90.5 cm³/mol. The van der Waals surface area contributed by atoms with Crippen molar-refractivity contribution in [1.29, 1.82) is 0 Å². The summed E-state index contributed by atoms with van der Waals surface area (Å²) in [6, 6.07) is 6.32. The topological polar surface area (TPSA) is 30.7 Å². The Labute approximate surface area is 137 Å². The average Bonchev–Trinajstić information content (AvgIpc) is 2.82. The number of aryl methyl sites for hydroxylation is 3. The monoisotopic (exact) mass is 363 g/mol. The molecule has 0 aliphatic rings. The molecule has 0 N–H and O–H groups in total. The van der Waals surface area contributed by atoms with Crippen LogP contribution in [0.4, 0.5) is 0 Å². The lowest BCUT2D eigenvalue weighted by atomic mass is 10.1. The van der Waals surface area contributed by atoms with E-state index >= 15 is 0 Å². The van der Waals surface area contributed by atoms with Crippen molar-refractivity contribution in [2.75, 3.05) is 5.88 Å². The number of imidazole rings is 1. The fourth-order valence-electron chi connectivity index (χ4n) is 2.57. The van der Waals surface area contributed by atoms with E-state index in [1.165, 1.54) is 11.1 Å². The molecule has 0 saturated carbocycles. The molecule has 0 saturated heterocycles. The van der Waals surface area contributed by atoms with E-state index in [9.17, 15) is 0 Å². The van der Waals surface area contributed by atoms with Crippen molar-refractivity contribution in [3.8, 4) is 5.69 Å². The molecule has 0 fully saturated rings. The molecule has 2 heterocycles. The molecule has 0 aliphatic carbocycles. The van der Waals surface area contributed by atoms with Crippen LogP contribution in [0, 0.1) is 13.8 Å². The van der Waals surface area contributed by atoms with Crippen LogP contribution in [0.2, 0.25) is 0 Å². The molecule has 3 rings (SSSR count). The van der Waals surface area contributed by atoms with Gasteiger partial charge in [0.2, 0.25) is 0 Å². The Morgan fingerprint density at radius 2 is 1.95 bits per heavy atom. The molecule has 0 amide bonds. The number of halogens is 2. The van der Waals surface area contributed by atoms with Gasteiger partial charge >= 0.3 is 0 Å². The molecule has 0 aliphatic heterocycles. The summed E-state index contributed by atoms with van der Waals surface area (Å²) in [5.74, 6) is 1.51. The highest BCUT2D eigenvalue weighted by atomic mass is 79.9. The molecule has 0 atom stereocenters. The lowest BCUT2D eigenvalue weighted by molar-refractivity contribution is 0.910. The van der Waals surface area contributed by atoms with E-state index in [1.54, 1.807) is 12.4 Å². The summed E-state index contributed by atoms with van der Waals surface area (Å²) in [6.07, 6.45) is 4.32. The highest BCUT2D eigenvalue weighted by Gasteiger charge is 2.13.